The molecule has 1 aromatic carbocycles. The fourth-order valence-electron chi connectivity index (χ4n) is 5.03. The Morgan fingerprint density at radius 3 is 2.54 bits per heavy atom. The maximum absolute atomic E-state index is 13.3. The summed E-state index contributed by atoms with van der Waals surface area (Å²) in [5.41, 5.74) is 8.14. The number of nitrogens with zero attached hydrogens (tertiary/aromatic N) is 1. The van der Waals surface area contributed by atoms with Gasteiger partial charge < -0.3 is 15.8 Å². The van der Waals surface area contributed by atoms with Crippen molar-refractivity contribution >= 4 is 5.91 Å². The number of para-hydroxylation sites is 1. The minimum absolute atomic E-state index is 0.0241. The van der Waals surface area contributed by atoms with E-state index in [0.717, 1.165) is 42.7 Å². The number of hydrogen-bond donors (Lipinski definition) is 2. The molecule has 1 aromatic heterocycles. The lowest BCUT2D eigenvalue weighted by atomic mass is 9.65. The third-order valence-corrected chi connectivity index (χ3v) is 6.50. The molecular weight excluding hydrogens is 350 g/mol. The average Bonchev–Trinajstić information content (AvgIpc) is 2.72. The lowest BCUT2D eigenvalue weighted by Gasteiger charge is -2.43. The highest BCUT2D eigenvalue weighted by atomic mass is 16.5. The monoisotopic (exact) mass is 379 g/mol. The molecular formula is C23H29N3O2. The van der Waals surface area contributed by atoms with E-state index >= 15 is 0 Å². The Morgan fingerprint density at radius 1 is 1.14 bits per heavy atom. The number of ether oxygens (including phenoxy) is 1. The highest BCUT2D eigenvalue weighted by molar-refractivity contribution is 5.80. The second kappa shape index (κ2) is 8.31. The molecule has 2 aliphatic carbocycles. The normalized spacial score (nSPS) is 27.6. The number of hydrogen-bond acceptors (Lipinski definition) is 4. The van der Waals surface area contributed by atoms with Gasteiger partial charge in [0.2, 0.25) is 5.91 Å². The van der Waals surface area contributed by atoms with Crippen molar-refractivity contribution in [2.75, 3.05) is 7.11 Å². The van der Waals surface area contributed by atoms with Gasteiger partial charge in [0.15, 0.2) is 0 Å². The van der Waals surface area contributed by atoms with Gasteiger partial charge in [-0.3, -0.25) is 9.78 Å². The van der Waals surface area contributed by atoms with Crippen LogP contribution in [0.1, 0.15) is 49.4 Å². The summed E-state index contributed by atoms with van der Waals surface area (Å²) in [6.07, 6.45) is 7.09. The SMILES string of the molecule is COc1ccccc1C(NC(=O)C1CC2CCCC(C1)C2N)c1ccccn1. The first kappa shape index (κ1) is 18.9. The van der Waals surface area contributed by atoms with Crippen LogP contribution in [0.5, 0.6) is 5.75 Å². The van der Waals surface area contributed by atoms with E-state index in [1.54, 1.807) is 13.3 Å². The van der Waals surface area contributed by atoms with Crippen LogP contribution < -0.4 is 15.8 Å². The van der Waals surface area contributed by atoms with Crippen LogP contribution in [0.2, 0.25) is 0 Å². The molecule has 0 saturated heterocycles. The lowest BCUT2D eigenvalue weighted by Crippen LogP contribution is -2.49. The molecule has 148 valence electrons. The van der Waals surface area contributed by atoms with Gasteiger partial charge in [-0.25, -0.2) is 0 Å². The first-order valence-electron chi connectivity index (χ1n) is 10.3. The Bertz CT molecular complexity index is 797. The van der Waals surface area contributed by atoms with Gasteiger partial charge in [-0.15, -0.1) is 0 Å². The average molecular weight is 380 g/mol. The Balaban J connectivity index is 1.59. The standard InChI is InChI=1S/C23H29N3O2/c1-28-20-11-3-2-9-18(20)22(19-10-4-5-12-25-19)26-23(27)17-13-15-7-6-8-16(14-17)21(15)24/h2-5,9-12,15-17,21-22H,6-8,13-14,24H2,1H3,(H,26,27). The second-order valence-corrected chi connectivity index (χ2v) is 8.13. The number of benzene rings is 1. The molecule has 2 saturated carbocycles. The highest BCUT2D eigenvalue weighted by Crippen LogP contribution is 2.42. The van der Waals surface area contributed by atoms with Crippen LogP contribution in [0, 0.1) is 17.8 Å². The maximum atomic E-state index is 13.3. The summed E-state index contributed by atoms with van der Waals surface area (Å²) in [5.74, 6) is 1.83. The van der Waals surface area contributed by atoms with Crippen molar-refractivity contribution in [3.8, 4) is 5.75 Å². The summed E-state index contributed by atoms with van der Waals surface area (Å²) in [6.45, 7) is 0. The van der Waals surface area contributed by atoms with Gasteiger partial charge in [-0.1, -0.05) is 30.7 Å². The largest absolute Gasteiger partial charge is 0.496 e. The van der Waals surface area contributed by atoms with Crippen molar-refractivity contribution in [2.45, 2.75) is 44.2 Å². The molecule has 0 spiro atoms. The number of methoxy groups -OCH3 is 1. The number of fused-ring (bicyclic) bond motifs is 2. The molecule has 3 unspecified atom stereocenters. The fraction of sp³-hybridized carbons (Fsp3) is 0.478. The zero-order chi connectivity index (χ0) is 19.5. The summed E-state index contributed by atoms with van der Waals surface area (Å²) in [4.78, 5) is 17.8. The summed E-state index contributed by atoms with van der Waals surface area (Å²) in [5, 5.41) is 3.28. The molecule has 3 atom stereocenters. The fourth-order valence-corrected chi connectivity index (χ4v) is 5.03. The van der Waals surface area contributed by atoms with Gasteiger partial charge in [-0.2, -0.15) is 0 Å². The van der Waals surface area contributed by atoms with E-state index in [0.29, 0.717) is 11.8 Å². The number of carbonyl (C=O) groups excluding carboxylic acids is 1. The molecule has 1 amide bonds. The number of rotatable bonds is 5. The summed E-state index contributed by atoms with van der Waals surface area (Å²) < 4.78 is 5.55. The van der Waals surface area contributed by atoms with Crippen molar-refractivity contribution in [1.82, 2.24) is 10.3 Å². The van der Waals surface area contributed by atoms with Crippen molar-refractivity contribution < 1.29 is 9.53 Å². The molecule has 2 aliphatic rings. The quantitative estimate of drug-likeness (QED) is 0.834. The highest BCUT2D eigenvalue weighted by Gasteiger charge is 2.41. The first-order valence-corrected chi connectivity index (χ1v) is 10.3. The molecule has 1 heterocycles. The minimum Gasteiger partial charge on any atom is -0.496 e. The van der Waals surface area contributed by atoms with E-state index in [1.165, 1.54) is 6.42 Å². The van der Waals surface area contributed by atoms with E-state index in [4.69, 9.17) is 10.5 Å². The second-order valence-electron chi connectivity index (χ2n) is 8.13. The number of nitrogens with two attached hydrogens (primary N) is 1. The van der Waals surface area contributed by atoms with Gasteiger partial charge in [-0.05, 0) is 55.7 Å². The number of carbonyl (C=O) groups is 1. The zero-order valence-electron chi connectivity index (χ0n) is 16.4. The molecule has 0 aliphatic heterocycles. The van der Waals surface area contributed by atoms with E-state index < -0.39 is 0 Å². The third-order valence-electron chi connectivity index (χ3n) is 6.50. The Morgan fingerprint density at radius 2 is 1.86 bits per heavy atom. The molecule has 5 heteroatoms. The van der Waals surface area contributed by atoms with Crippen LogP contribution in [-0.2, 0) is 4.79 Å². The molecule has 0 radical (unpaired) electrons. The molecule has 2 aromatic rings. The molecule has 3 N–H and O–H groups in total. The van der Waals surface area contributed by atoms with Crippen molar-refractivity contribution in [3.05, 3.63) is 59.9 Å². The topological polar surface area (TPSA) is 77.2 Å². The van der Waals surface area contributed by atoms with Gasteiger partial charge in [0.05, 0.1) is 18.8 Å². The minimum atomic E-state index is -0.333. The van der Waals surface area contributed by atoms with Crippen LogP contribution in [0.15, 0.2) is 48.7 Å². The summed E-state index contributed by atoms with van der Waals surface area (Å²) >= 11 is 0. The number of aromatic nitrogens is 1. The predicted octanol–water partition coefficient (Wildman–Crippen LogP) is 3.45. The molecule has 2 fully saturated rings. The van der Waals surface area contributed by atoms with Gasteiger partial charge in [0, 0.05) is 23.7 Å². The first-order chi connectivity index (χ1) is 13.7. The number of nitrogens with one attached hydrogen (secondary N) is 1. The molecule has 28 heavy (non-hydrogen) atoms. The van der Waals surface area contributed by atoms with E-state index in [2.05, 4.69) is 10.3 Å². The van der Waals surface area contributed by atoms with Crippen molar-refractivity contribution in [2.24, 2.45) is 23.5 Å². The Hall–Kier alpha value is -2.40. The molecule has 4 rings (SSSR count). The number of amides is 1. The predicted molar refractivity (Wildman–Crippen MR) is 109 cm³/mol. The maximum Gasteiger partial charge on any atom is 0.223 e. The van der Waals surface area contributed by atoms with Crippen LogP contribution >= 0.6 is 0 Å². The van der Waals surface area contributed by atoms with Crippen LogP contribution in [-0.4, -0.2) is 24.0 Å². The van der Waals surface area contributed by atoms with Crippen LogP contribution in [0.3, 0.4) is 0 Å². The van der Waals surface area contributed by atoms with E-state index in [9.17, 15) is 4.79 Å². The smallest absolute Gasteiger partial charge is 0.223 e. The van der Waals surface area contributed by atoms with Gasteiger partial charge in [0.25, 0.3) is 0 Å². The summed E-state index contributed by atoms with van der Waals surface area (Å²) in [7, 11) is 1.65. The van der Waals surface area contributed by atoms with E-state index in [1.807, 2.05) is 42.5 Å². The summed E-state index contributed by atoms with van der Waals surface area (Å²) in [6, 6.07) is 13.5. The third kappa shape index (κ3) is 3.76. The van der Waals surface area contributed by atoms with E-state index in [-0.39, 0.29) is 23.9 Å². The van der Waals surface area contributed by atoms with Crippen LogP contribution in [0.25, 0.3) is 0 Å². The van der Waals surface area contributed by atoms with Crippen molar-refractivity contribution in [3.63, 3.8) is 0 Å². The van der Waals surface area contributed by atoms with Crippen molar-refractivity contribution in [1.29, 1.82) is 0 Å². The van der Waals surface area contributed by atoms with Crippen LogP contribution in [0.4, 0.5) is 0 Å². The zero-order valence-corrected chi connectivity index (χ0v) is 16.4. The Labute approximate surface area is 166 Å². The molecule has 2 bridgehead atoms. The Kier molecular flexibility index (Phi) is 5.62. The van der Waals surface area contributed by atoms with Gasteiger partial charge >= 0.3 is 0 Å². The lowest BCUT2D eigenvalue weighted by molar-refractivity contribution is -0.128. The molecule has 5 nitrogen and oxygen atoms in total. The number of pyridine rings is 1. The van der Waals surface area contributed by atoms with Gasteiger partial charge in [0.1, 0.15) is 5.75 Å².